The molecule has 1 unspecified atom stereocenters. The molecule has 0 saturated heterocycles. The molecule has 12 heteroatoms. The van der Waals surface area contributed by atoms with Gasteiger partial charge >= 0.3 is 12.3 Å². The lowest BCUT2D eigenvalue weighted by Crippen LogP contribution is -2.50. The summed E-state index contributed by atoms with van der Waals surface area (Å²) in [5, 5.41) is 12.1. The summed E-state index contributed by atoms with van der Waals surface area (Å²) in [5.41, 5.74) is -1.60. The van der Waals surface area contributed by atoms with Gasteiger partial charge in [-0.25, -0.2) is 9.18 Å². The van der Waals surface area contributed by atoms with E-state index in [2.05, 4.69) is 15.0 Å². The molecule has 188 valence electrons. The van der Waals surface area contributed by atoms with Crippen LogP contribution in [-0.4, -0.2) is 42.0 Å². The normalized spacial score (nSPS) is 16.9. The Morgan fingerprint density at radius 2 is 1.89 bits per heavy atom. The van der Waals surface area contributed by atoms with E-state index in [0.29, 0.717) is 0 Å². The van der Waals surface area contributed by atoms with Gasteiger partial charge in [-0.1, -0.05) is 6.07 Å². The van der Waals surface area contributed by atoms with Gasteiger partial charge in [-0.05, 0) is 48.0 Å². The van der Waals surface area contributed by atoms with E-state index in [0.717, 1.165) is 18.2 Å². The van der Waals surface area contributed by atoms with Crippen molar-refractivity contribution in [3.05, 3.63) is 82.9 Å². The van der Waals surface area contributed by atoms with Gasteiger partial charge in [-0.15, -0.1) is 13.2 Å². The number of carbonyl (C=O) groups excluding carboxylic acids is 1. The van der Waals surface area contributed by atoms with E-state index < -0.39 is 35.3 Å². The predicted octanol–water partition coefficient (Wildman–Crippen LogP) is 4.28. The second-order valence-corrected chi connectivity index (χ2v) is 7.72. The fraction of sp³-hybridized carbons (Fsp3) is 0.208. The molecule has 4 rings (SSSR count). The summed E-state index contributed by atoms with van der Waals surface area (Å²) in [5.74, 6) is -4.08. The first-order valence-electron chi connectivity index (χ1n) is 10.4. The summed E-state index contributed by atoms with van der Waals surface area (Å²) >= 11 is 0. The Labute approximate surface area is 201 Å². The largest absolute Gasteiger partial charge is 0.573 e. The number of fused-ring (bicyclic) bond motifs is 1. The molecule has 1 aliphatic rings. The molecule has 36 heavy (non-hydrogen) atoms. The molecule has 0 bridgehead atoms. The number of nitrogens with zero attached hydrogens (tertiary/aromatic N) is 1. The number of ether oxygens (including phenoxy) is 3. The zero-order valence-electron chi connectivity index (χ0n) is 18.6. The lowest BCUT2D eigenvalue weighted by Gasteiger charge is -2.39. The van der Waals surface area contributed by atoms with E-state index in [4.69, 9.17) is 9.47 Å². The number of methoxy groups -OCH3 is 1. The first kappa shape index (κ1) is 24.8. The number of nitrogens with one attached hydrogen (secondary N) is 1. The molecule has 2 aromatic carbocycles. The summed E-state index contributed by atoms with van der Waals surface area (Å²) in [6.45, 7) is 0.0493. The van der Waals surface area contributed by atoms with Crippen LogP contribution in [0.2, 0.25) is 0 Å². The quantitative estimate of drug-likeness (QED) is 0.481. The number of halogens is 4. The summed E-state index contributed by atoms with van der Waals surface area (Å²) in [6.07, 6.45) is -3.66. The first-order valence-corrected chi connectivity index (χ1v) is 10.4. The first-order chi connectivity index (χ1) is 17.0. The van der Waals surface area contributed by atoms with Crippen molar-refractivity contribution in [1.29, 1.82) is 0 Å². The van der Waals surface area contributed by atoms with Crippen molar-refractivity contribution in [2.75, 3.05) is 13.7 Å². The number of pyridine rings is 1. The number of carboxylic acids is 1. The zero-order valence-corrected chi connectivity index (χ0v) is 18.6. The van der Waals surface area contributed by atoms with Crippen LogP contribution in [0.25, 0.3) is 0 Å². The predicted molar refractivity (Wildman–Crippen MR) is 116 cm³/mol. The number of carbonyl (C=O) groups is 2. The van der Waals surface area contributed by atoms with Crippen LogP contribution in [0, 0.1) is 5.82 Å². The third kappa shape index (κ3) is 4.74. The van der Waals surface area contributed by atoms with Crippen molar-refractivity contribution in [3.8, 4) is 17.2 Å². The van der Waals surface area contributed by atoms with E-state index in [9.17, 15) is 32.3 Å². The van der Waals surface area contributed by atoms with Crippen LogP contribution in [0.1, 0.15) is 38.4 Å². The molecule has 0 spiro atoms. The van der Waals surface area contributed by atoms with E-state index in [-0.39, 0.29) is 46.9 Å². The van der Waals surface area contributed by atoms with Gasteiger partial charge in [0.15, 0.2) is 11.6 Å². The summed E-state index contributed by atoms with van der Waals surface area (Å²) in [6, 6.07) is 9.63. The number of benzene rings is 2. The Morgan fingerprint density at radius 1 is 1.14 bits per heavy atom. The summed E-state index contributed by atoms with van der Waals surface area (Å²) < 4.78 is 67.2. The van der Waals surface area contributed by atoms with E-state index >= 15 is 0 Å². The molecule has 0 aliphatic carbocycles. The van der Waals surface area contributed by atoms with Crippen molar-refractivity contribution in [1.82, 2.24) is 10.3 Å². The van der Waals surface area contributed by atoms with Crippen molar-refractivity contribution >= 4 is 11.9 Å². The Hall–Kier alpha value is -4.35. The molecule has 1 amide bonds. The standard InChI is InChI=1S/C24H18F4N2O6/c1-34-17-6-4-13(22(32)33)11-15(17)21(31)30-23(8-10-35-19-3-2-9-29-20(19)23)14-5-7-18(16(25)12-14)36-24(26,27)28/h2-7,9,11-12H,8,10H2,1H3,(H,30,31)(H,32,33). The number of alkyl halides is 3. The second kappa shape index (κ2) is 9.36. The lowest BCUT2D eigenvalue weighted by molar-refractivity contribution is -0.275. The molecule has 1 aliphatic heterocycles. The minimum Gasteiger partial charge on any atom is -0.496 e. The highest BCUT2D eigenvalue weighted by molar-refractivity contribution is 6.00. The minimum atomic E-state index is -5.10. The van der Waals surface area contributed by atoms with Crippen molar-refractivity contribution in [2.45, 2.75) is 18.3 Å². The fourth-order valence-electron chi connectivity index (χ4n) is 3.99. The number of carboxylic acid groups (broad SMARTS) is 1. The van der Waals surface area contributed by atoms with Crippen molar-refractivity contribution in [3.63, 3.8) is 0 Å². The highest BCUT2D eigenvalue weighted by Gasteiger charge is 2.44. The van der Waals surface area contributed by atoms with Crippen LogP contribution < -0.4 is 19.5 Å². The summed E-state index contributed by atoms with van der Waals surface area (Å²) in [4.78, 5) is 29.2. The van der Waals surface area contributed by atoms with Gasteiger partial charge in [0.25, 0.3) is 5.91 Å². The molecular weight excluding hydrogens is 488 g/mol. The summed E-state index contributed by atoms with van der Waals surface area (Å²) in [7, 11) is 1.29. The van der Waals surface area contributed by atoms with Crippen LogP contribution in [-0.2, 0) is 5.54 Å². The monoisotopic (exact) mass is 506 g/mol. The number of rotatable bonds is 6. The second-order valence-electron chi connectivity index (χ2n) is 7.72. The number of hydrogen-bond donors (Lipinski definition) is 2. The smallest absolute Gasteiger partial charge is 0.496 e. The third-order valence-electron chi connectivity index (χ3n) is 5.58. The maximum Gasteiger partial charge on any atom is 0.573 e. The molecule has 1 aromatic heterocycles. The number of hydrogen-bond acceptors (Lipinski definition) is 6. The molecule has 2 N–H and O–H groups in total. The average Bonchev–Trinajstić information content (AvgIpc) is 2.84. The highest BCUT2D eigenvalue weighted by atomic mass is 19.4. The zero-order chi connectivity index (χ0) is 26.1. The van der Waals surface area contributed by atoms with E-state index in [1.807, 2.05) is 0 Å². The van der Waals surface area contributed by atoms with Gasteiger partial charge < -0.3 is 24.6 Å². The van der Waals surface area contributed by atoms with Gasteiger partial charge in [0.1, 0.15) is 22.7 Å². The molecule has 0 radical (unpaired) electrons. The number of aromatic nitrogens is 1. The Morgan fingerprint density at radius 3 is 2.56 bits per heavy atom. The minimum absolute atomic E-state index is 0.0304. The Balaban J connectivity index is 1.84. The Kier molecular flexibility index (Phi) is 6.44. The maximum absolute atomic E-state index is 14.7. The molecule has 3 aromatic rings. The van der Waals surface area contributed by atoms with Crippen LogP contribution in [0.15, 0.2) is 54.7 Å². The van der Waals surface area contributed by atoms with Gasteiger partial charge in [0, 0.05) is 12.6 Å². The van der Waals surface area contributed by atoms with Crippen molar-refractivity contribution in [2.24, 2.45) is 0 Å². The molecule has 0 fully saturated rings. The molecule has 2 heterocycles. The number of amides is 1. The van der Waals surface area contributed by atoms with E-state index in [1.165, 1.54) is 31.5 Å². The van der Waals surface area contributed by atoms with E-state index in [1.54, 1.807) is 12.1 Å². The maximum atomic E-state index is 14.7. The average molecular weight is 506 g/mol. The van der Waals surface area contributed by atoms with Gasteiger partial charge in [0.2, 0.25) is 0 Å². The molecular formula is C24H18F4N2O6. The lowest BCUT2D eigenvalue weighted by atomic mass is 9.81. The van der Waals surface area contributed by atoms with Gasteiger partial charge in [-0.3, -0.25) is 9.78 Å². The SMILES string of the molecule is COc1ccc(C(=O)O)cc1C(=O)NC1(c2ccc(OC(F)(F)F)c(F)c2)CCOc2cccnc21. The van der Waals surface area contributed by atoms with Gasteiger partial charge in [-0.2, -0.15) is 0 Å². The van der Waals surface area contributed by atoms with Crippen LogP contribution >= 0.6 is 0 Å². The highest BCUT2D eigenvalue weighted by Crippen LogP contribution is 2.42. The van der Waals surface area contributed by atoms with Crippen molar-refractivity contribution < 1.29 is 46.5 Å². The molecule has 1 atom stereocenters. The van der Waals surface area contributed by atoms with Crippen LogP contribution in [0.4, 0.5) is 17.6 Å². The van der Waals surface area contributed by atoms with Crippen LogP contribution in [0.5, 0.6) is 17.2 Å². The molecule has 8 nitrogen and oxygen atoms in total. The topological polar surface area (TPSA) is 107 Å². The molecule has 0 saturated carbocycles. The Bertz CT molecular complexity index is 1330. The number of aromatic carboxylic acids is 1. The van der Waals surface area contributed by atoms with Crippen LogP contribution in [0.3, 0.4) is 0 Å². The fourth-order valence-corrected chi connectivity index (χ4v) is 3.99. The van der Waals surface area contributed by atoms with Gasteiger partial charge in [0.05, 0.1) is 24.8 Å². The third-order valence-corrected chi connectivity index (χ3v) is 5.58.